The molecule has 3 heterocycles. The van der Waals surface area contributed by atoms with Crippen molar-refractivity contribution in [3.05, 3.63) is 57.5 Å². The summed E-state index contributed by atoms with van der Waals surface area (Å²) in [4.78, 5) is 23.5. The minimum absolute atomic E-state index is 0.132. The summed E-state index contributed by atoms with van der Waals surface area (Å²) < 4.78 is 1.91. The number of hydrogen-bond acceptors (Lipinski definition) is 5. The van der Waals surface area contributed by atoms with Crippen LogP contribution < -0.4 is 0 Å². The molecule has 1 aliphatic heterocycles. The number of halogens is 2. The number of fused-ring (bicyclic) bond motifs is 1. The predicted octanol–water partition coefficient (Wildman–Crippen LogP) is 6.56. The number of hydrogen-bond donors (Lipinski definition) is 1. The second kappa shape index (κ2) is 10.7. The van der Waals surface area contributed by atoms with Crippen LogP contribution in [-0.2, 0) is 4.79 Å². The zero-order chi connectivity index (χ0) is 26.3. The van der Waals surface area contributed by atoms with Crippen molar-refractivity contribution in [1.29, 1.82) is 0 Å². The molecule has 2 aliphatic rings. The monoisotopic (exact) mass is 541 g/mol. The molecule has 4 atom stereocenters. The summed E-state index contributed by atoms with van der Waals surface area (Å²) in [6, 6.07) is 6.19. The van der Waals surface area contributed by atoms with E-state index in [-0.39, 0.29) is 12.5 Å². The van der Waals surface area contributed by atoms with Gasteiger partial charge in [-0.15, -0.1) is 0 Å². The number of carboxylic acids is 1. The molecule has 0 unspecified atom stereocenters. The lowest BCUT2D eigenvalue weighted by molar-refractivity contribution is -0.137. The van der Waals surface area contributed by atoms with Crippen molar-refractivity contribution >= 4 is 45.9 Å². The molecule has 37 heavy (non-hydrogen) atoms. The fourth-order valence-electron chi connectivity index (χ4n) is 6.08. The van der Waals surface area contributed by atoms with Gasteiger partial charge in [-0.3, -0.25) is 9.69 Å². The largest absolute Gasteiger partial charge is 0.481 e. The highest BCUT2D eigenvalue weighted by atomic mass is 35.5. The van der Waals surface area contributed by atoms with E-state index in [4.69, 9.17) is 43.4 Å². The van der Waals surface area contributed by atoms with E-state index in [1.54, 1.807) is 6.07 Å². The molecule has 1 N–H and O–H groups in total. The number of allylic oxidation sites excluding steroid dienone is 1. The molecule has 2 aromatic heterocycles. The summed E-state index contributed by atoms with van der Waals surface area (Å²) in [5.74, 6) is -0.261. The standard InChI is InChI=1S/C28H33Cl2N5O2/c1-16-13-19(6-10-25(16)34-12-4-5-21(34)8-11-26(36)37)24-15-31-27-17(2)33-35(28(27)32-24)18(3)22-9-7-20(29)14-23(22)30/h6-7,9,14-16,18,21,25H,4-5,8,10-13H2,1-3H3,(H,36,37)/t16-,18-,21+,25+/m1/s1. The van der Waals surface area contributed by atoms with Gasteiger partial charge in [-0.1, -0.05) is 42.3 Å². The molecular formula is C28H33Cl2N5O2. The zero-order valence-electron chi connectivity index (χ0n) is 21.5. The first-order valence-electron chi connectivity index (χ1n) is 13.1. The first-order chi connectivity index (χ1) is 17.7. The third-order valence-corrected chi connectivity index (χ3v) is 8.59. The molecule has 0 spiro atoms. The summed E-state index contributed by atoms with van der Waals surface area (Å²) in [5.41, 5.74) is 5.40. The zero-order valence-corrected chi connectivity index (χ0v) is 23.0. The lowest BCUT2D eigenvalue weighted by Crippen LogP contribution is -2.44. The Kier molecular flexibility index (Phi) is 7.57. The molecule has 0 bridgehead atoms. The molecule has 1 aromatic carbocycles. The highest BCUT2D eigenvalue weighted by Gasteiger charge is 2.35. The molecule has 3 aromatic rings. The molecule has 0 amide bonds. The highest BCUT2D eigenvalue weighted by Crippen LogP contribution is 2.37. The second-order valence-electron chi connectivity index (χ2n) is 10.5. The molecule has 1 fully saturated rings. The number of aromatic nitrogens is 4. The predicted molar refractivity (Wildman–Crippen MR) is 147 cm³/mol. The lowest BCUT2D eigenvalue weighted by Gasteiger charge is -2.39. The first kappa shape index (κ1) is 26.1. The second-order valence-corrected chi connectivity index (χ2v) is 11.3. The van der Waals surface area contributed by atoms with E-state index < -0.39 is 5.97 Å². The average molecular weight is 543 g/mol. The van der Waals surface area contributed by atoms with E-state index in [9.17, 15) is 4.79 Å². The maximum absolute atomic E-state index is 11.1. The Bertz CT molecular complexity index is 1350. The molecule has 7 nitrogen and oxygen atoms in total. The smallest absolute Gasteiger partial charge is 0.303 e. The number of benzene rings is 1. The number of nitrogens with zero attached hydrogens (tertiary/aromatic N) is 5. The van der Waals surface area contributed by atoms with Gasteiger partial charge in [0.2, 0.25) is 0 Å². The SMILES string of the molecule is Cc1nn([C@H](C)c2ccc(Cl)cc2Cl)c2nc(C3=CC[C@H](N4CCC[C@H]4CCC(=O)O)[C@H](C)C3)cnc12. The van der Waals surface area contributed by atoms with Crippen molar-refractivity contribution in [2.24, 2.45) is 5.92 Å². The Labute approximate surface area is 227 Å². The summed E-state index contributed by atoms with van der Waals surface area (Å²) in [7, 11) is 0. The fraction of sp³-hybridized carbons (Fsp3) is 0.500. The third kappa shape index (κ3) is 5.27. The van der Waals surface area contributed by atoms with Crippen LogP contribution in [-0.4, -0.2) is 54.4 Å². The van der Waals surface area contributed by atoms with Crippen LogP contribution in [0.5, 0.6) is 0 Å². The van der Waals surface area contributed by atoms with E-state index in [2.05, 4.69) is 24.8 Å². The highest BCUT2D eigenvalue weighted by molar-refractivity contribution is 6.35. The first-order valence-corrected chi connectivity index (χ1v) is 13.8. The average Bonchev–Trinajstić information content (AvgIpc) is 3.46. The Morgan fingerprint density at radius 2 is 2.11 bits per heavy atom. The van der Waals surface area contributed by atoms with Crippen molar-refractivity contribution in [1.82, 2.24) is 24.6 Å². The van der Waals surface area contributed by atoms with Gasteiger partial charge in [-0.2, -0.15) is 5.10 Å². The number of likely N-dealkylation sites (tertiary alicyclic amines) is 1. The van der Waals surface area contributed by atoms with Gasteiger partial charge in [0.15, 0.2) is 5.65 Å². The normalized spacial score (nSPS) is 23.4. The molecular weight excluding hydrogens is 509 g/mol. The van der Waals surface area contributed by atoms with E-state index in [0.29, 0.717) is 28.0 Å². The van der Waals surface area contributed by atoms with Gasteiger partial charge in [0.05, 0.1) is 23.6 Å². The summed E-state index contributed by atoms with van der Waals surface area (Å²) in [6.07, 6.45) is 9.24. The molecule has 5 rings (SSSR count). The van der Waals surface area contributed by atoms with Crippen LogP contribution >= 0.6 is 23.2 Å². The van der Waals surface area contributed by atoms with Crippen LogP contribution in [0.25, 0.3) is 16.7 Å². The lowest BCUT2D eigenvalue weighted by atomic mass is 9.83. The maximum Gasteiger partial charge on any atom is 0.303 e. The topological polar surface area (TPSA) is 84.1 Å². The molecule has 196 valence electrons. The maximum atomic E-state index is 11.1. The van der Waals surface area contributed by atoms with Gasteiger partial charge in [0.25, 0.3) is 0 Å². The minimum Gasteiger partial charge on any atom is -0.481 e. The van der Waals surface area contributed by atoms with Crippen LogP contribution in [0.2, 0.25) is 10.0 Å². The Hall–Kier alpha value is -2.48. The fourth-order valence-corrected chi connectivity index (χ4v) is 6.64. The van der Waals surface area contributed by atoms with Crippen LogP contribution in [0.1, 0.15) is 75.4 Å². The number of aliphatic carboxylic acids is 1. The minimum atomic E-state index is -0.707. The molecule has 1 saturated heterocycles. The number of carbonyl (C=O) groups is 1. The summed E-state index contributed by atoms with van der Waals surface area (Å²) in [6.45, 7) is 7.36. The number of carboxylic acid groups (broad SMARTS) is 1. The van der Waals surface area contributed by atoms with Gasteiger partial charge in [-0.25, -0.2) is 14.6 Å². The van der Waals surface area contributed by atoms with Crippen molar-refractivity contribution in [2.75, 3.05) is 6.54 Å². The van der Waals surface area contributed by atoms with Crippen LogP contribution in [0, 0.1) is 12.8 Å². The summed E-state index contributed by atoms with van der Waals surface area (Å²) >= 11 is 12.6. The van der Waals surface area contributed by atoms with Gasteiger partial charge in [0, 0.05) is 28.5 Å². The van der Waals surface area contributed by atoms with E-state index in [1.807, 2.05) is 29.9 Å². The Morgan fingerprint density at radius 3 is 2.84 bits per heavy atom. The van der Waals surface area contributed by atoms with E-state index in [0.717, 1.165) is 66.8 Å². The number of aryl methyl sites for hydroxylation is 1. The van der Waals surface area contributed by atoms with Gasteiger partial charge in [-0.05, 0) is 81.7 Å². The van der Waals surface area contributed by atoms with Crippen LogP contribution in [0.15, 0.2) is 30.5 Å². The van der Waals surface area contributed by atoms with Crippen molar-refractivity contribution in [3.63, 3.8) is 0 Å². The Balaban J connectivity index is 1.41. The molecule has 9 heteroatoms. The summed E-state index contributed by atoms with van der Waals surface area (Å²) in [5, 5.41) is 15.1. The van der Waals surface area contributed by atoms with E-state index in [1.165, 1.54) is 5.57 Å². The molecule has 1 aliphatic carbocycles. The van der Waals surface area contributed by atoms with Crippen LogP contribution in [0.3, 0.4) is 0 Å². The van der Waals surface area contributed by atoms with Gasteiger partial charge in [0.1, 0.15) is 5.52 Å². The van der Waals surface area contributed by atoms with E-state index >= 15 is 0 Å². The number of rotatable bonds is 7. The van der Waals surface area contributed by atoms with Crippen molar-refractivity contribution < 1.29 is 9.90 Å². The molecule has 0 saturated carbocycles. The quantitative estimate of drug-likeness (QED) is 0.364. The van der Waals surface area contributed by atoms with Gasteiger partial charge >= 0.3 is 5.97 Å². The third-order valence-electron chi connectivity index (χ3n) is 8.02. The van der Waals surface area contributed by atoms with Crippen molar-refractivity contribution in [3.8, 4) is 0 Å². The van der Waals surface area contributed by atoms with Gasteiger partial charge < -0.3 is 5.11 Å². The molecule has 0 radical (unpaired) electrons. The van der Waals surface area contributed by atoms with Crippen molar-refractivity contribution in [2.45, 2.75) is 77.4 Å². The van der Waals surface area contributed by atoms with Crippen LogP contribution in [0.4, 0.5) is 0 Å². The Morgan fingerprint density at radius 1 is 1.30 bits per heavy atom.